The van der Waals surface area contributed by atoms with Gasteiger partial charge in [-0.2, -0.15) is 20.3 Å². The van der Waals surface area contributed by atoms with Crippen molar-refractivity contribution < 1.29 is 19.5 Å². The number of hydrogen-bond acceptors (Lipinski definition) is 1. The molecule has 1 nitrogen and oxygen atoms in total. The molecule has 0 rings (SSSR count). The molecule has 2 N–H and O–H groups in total. The van der Waals surface area contributed by atoms with Crippen molar-refractivity contribution in [3.8, 4) is 0 Å². The number of thiol groups is 1. The molecule has 0 aliphatic heterocycles. The summed E-state index contributed by atoms with van der Waals surface area (Å²) in [6, 6.07) is 0. The van der Waals surface area contributed by atoms with Gasteiger partial charge in [-0.3, -0.25) is 0 Å². The van der Waals surface area contributed by atoms with E-state index in [0.717, 1.165) is 6.42 Å². The molecule has 0 fully saturated rings. The van der Waals surface area contributed by atoms with E-state index in [2.05, 4.69) is 38.7 Å². The van der Waals surface area contributed by atoms with Crippen LogP contribution in [0.15, 0.2) is 0 Å². The molecule has 0 aromatic carbocycles. The van der Waals surface area contributed by atoms with Crippen LogP contribution < -0.4 is 5.73 Å². The molecule has 0 spiro atoms. The van der Waals surface area contributed by atoms with Crippen molar-refractivity contribution in [3.05, 3.63) is 13.3 Å². The minimum absolute atomic E-state index is 0. The maximum absolute atomic E-state index is 4.71. The molecule has 4 heteroatoms. The van der Waals surface area contributed by atoms with Crippen molar-refractivity contribution in [2.24, 2.45) is 5.73 Å². The normalized spacial score (nSPS) is 9.27. The van der Waals surface area contributed by atoms with E-state index in [9.17, 15) is 0 Å². The van der Waals surface area contributed by atoms with Gasteiger partial charge in [0.05, 0.1) is 0 Å². The fourth-order valence-electron chi connectivity index (χ4n) is 2.55. The minimum atomic E-state index is 0. The van der Waals surface area contributed by atoms with Gasteiger partial charge in [-0.15, -0.1) is 12.6 Å². The zero-order valence-corrected chi connectivity index (χ0v) is 22.9. The summed E-state index contributed by atoms with van der Waals surface area (Å²) >= 11 is 7.65. The Balaban J connectivity index is -0.000000258. The third kappa shape index (κ3) is 56.3. The summed E-state index contributed by atoms with van der Waals surface area (Å²) < 4.78 is 0.194. The van der Waals surface area contributed by atoms with Crippen molar-refractivity contribution in [3.63, 3.8) is 0 Å². The largest absolute Gasteiger partial charge is 2.00 e. The average molecular weight is 455 g/mol. The molecule has 0 amide bonds. The molecule has 0 saturated carbocycles. The van der Waals surface area contributed by atoms with Crippen molar-refractivity contribution in [1.82, 2.24) is 0 Å². The summed E-state index contributed by atoms with van der Waals surface area (Å²) in [7, 11) is 0. The van der Waals surface area contributed by atoms with Crippen molar-refractivity contribution >= 4 is 29.2 Å². The molecule has 0 saturated heterocycles. The first-order chi connectivity index (χ1) is 12.1. The van der Waals surface area contributed by atoms with Crippen LogP contribution >= 0.6 is 24.8 Å². The van der Waals surface area contributed by atoms with Crippen LogP contribution in [0, 0.1) is 13.3 Å². The van der Waals surface area contributed by atoms with Crippen LogP contribution in [0.4, 0.5) is 0 Å². The third-order valence-electron chi connectivity index (χ3n) is 3.85. The maximum Gasteiger partial charge on any atom is 2.00 e. The summed E-state index contributed by atoms with van der Waals surface area (Å²) in [4.78, 5) is 0. The molecule has 0 aliphatic carbocycles. The van der Waals surface area contributed by atoms with E-state index < -0.39 is 0 Å². The van der Waals surface area contributed by atoms with E-state index in [1.807, 2.05) is 20.3 Å². The Morgan fingerprint density at radius 2 is 0.962 bits per heavy atom. The molecule has 0 aliphatic rings. The molecule has 0 atom stereocenters. The number of hydrogen-bond donors (Lipinski definition) is 2. The van der Waals surface area contributed by atoms with Crippen molar-refractivity contribution in [2.75, 3.05) is 0 Å². The maximum atomic E-state index is 4.71. The quantitative estimate of drug-likeness (QED) is 0.0852. The fourth-order valence-corrected chi connectivity index (χ4v) is 2.55. The Bertz CT molecular complexity index is 206. The van der Waals surface area contributed by atoms with Crippen molar-refractivity contribution in [2.45, 2.75) is 124 Å². The molecular weight excluding hydrogens is 408 g/mol. The first kappa shape index (κ1) is 34.4. The summed E-state index contributed by atoms with van der Waals surface area (Å²) in [5.74, 6) is 0. The minimum Gasteiger partial charge on any atom is -0.385 e. The SMILES string of the molecule is C[CH-]C.NC(=S)S.[CH2-]CCCCCCCCCCCCCCCCC.[Zn+2]. The molecule has 154 valence electrons. The zero-order valence-electron chi connectivity index (χ0n) is 18.2. The molecule has 0 unspecified atom stereocenters. The van der Waals surface area contributed by atoms with Crippen LogP contribution in [0.25, 0.3) is 0 Å². The van der Waals surface area contributed by atoms with Gasteiger partial charge in [0.25, 0.3) is 0 Å². The molecule has 26 heavy (non-hydrogen) atoms. The van der Waals surface area contributed by atoms with E-state index in [-0.39, 0.29) is 23.8 Å². The average Bonchev–Trinajstić information content (AvgIpc) is 2.55. The zero-order chi connectivity index (χ0) is 19.6. The predicted molar refractivity (Wildman–Crippen MR) is 126 cm³/mol. The second-order valence-electron chi connectivity index (χ2n) is 6.72. The van der Waals surface area contributed by atoms with Gasteiger partial charge in [0, 0.05) is 0 Å². The van der Waals surface area contributed by atoms with Gasteiger partial charge in [0.2, 0.25) is 0 Å². The Hall–Kier alpha value is 0.863. The van der Waals surface area contributed by atoms with E-state index >= 15 is 0 Å². The number of rotatable bonds is 15. The molecular formula is C22H47NS2Zn. The summed E-state index contributed by atoms with van der Waals surface area (Å²) in [6.07, 6.45) is 24.8. The number of nitrogens with two attached hydrogens (primary N) is 1. The van der Waals surface area contributed by atoms with Gasteiger partial charge in [-0.25, -0.2) is 0 Å². The van der Waals surface area contributed by atoms with Gasteiger partial charge < -0.3 is 19.1 Å². The summed E-state index contributed by atoms with van der Waals surface area (Å²) in [5.41, 5.74) is 4.71. The Labute approximate surface area is 190 Å². The van der Waals surface area contributed by atoms with Crippen LogP contribution in [0.1, 0.15) is 124 Å². The second-order valence-corrected chi connectivity index (χ2v) is 7.94. The molecule has 0 radical (unpaired) electrons. The van der Waals surface area contributed by atoms with Crippen molar-refractivity contribution in [1.29, 1.82) is 0 Å². The summed E-state index contributed by atoms with van der Waals surface area (Å²) in [5, 5.41) is 0. The van der Waals surface area contributed by atoms with E-state index in [1.165, 1.54) is 96.3 Å². The van der Waals surface area contributed by atoms with Gasteiger partial charge in [0.15, 0.2) is 0 Å². The van der Waals surface area contributed by atoms with E-state index in [4.69, 9.17) is 5.73 Å². The summed E-state index contributed by atoms with van der Waals surface area (Å²) in [6.45, 7) is 10.2. The van der Waals surface area contributed by atoms with Crippen LogP contribution in [0.2, 0.25) is 0 Å². The van der Waals surface area contributed by atoms with Gasteiger partial charge in [-0.1, -0.05) is 115 Å². The second kappa shape index (κ2) is 36.7. The smallest absolute Gasteiger partial charge is 0.385 e. The van der Waals surface area contributed by atoms with Gasteiger partial charge in [0.1, 0.15) is 4.32 Å². The monoisotopic (exact) mass is 453 g/mol. The third-order valence-corrected chi connectivity index (χ3v) is 3.85. The Morgan fingerprint density at radius 1 is 0.769 bits per heavy atom. The van der Waals surface area contributed by atoms with Crippen LogP contribution in [-0.4, -0.2) is 4.32 Å². The Morgan fingerprint density at radius 3 is 1.15 bits per heavy atom. The number of unbranched alkanes of at least 4 members (excludes halogenated alkanes) is 15. The molecule has 0 aromatic rings. The topological polar surface area (TPSA) is 26.0 Å². The molecule has 0 aromatic heterocycles. The predicted octanol–water partition coefficient (Wildman–Crippen LogP) is 8.47. The first-order valence-corrected chi connectivity index (χ1v) is 11.4. The molecule has 0 heterocycles. The van der Waals surface area contributed by atoms with E-state index in [0.29, 0.717) is 0 Å². The van der Waals surface area contributed by atoms with E-state index in [1.54, 1.807) is 0 Å². The number of thiocarbonyl (C=S) groups is 1. The van der Waals surface area contributed by atoms with Gasteiger partial charge in [-0.05, 0) is 0 Å². The van der Waals surface area contributed by atoms with Crippen LogP contribution in [0.3, 0.4) is 0 Å². The van der Waals surface area contributed by atoms with Crippen LogP contribution in [-0.2, 0) is 19.5 Å². The Kier molecular flexibility index (Phi) is 48.6. The first-order valence-electron chi connectivity index (χ1n) is 10.6. The molecule has 0 bridgehead atoms. The standard InChI is InChI=1S/C18H37.C3H7.CH3NS2.Zn/c1-3-5-7-9-11-13-15-17-18-16-14-12-10-8-6-4-2;1-3-2;2-1(3)4;/h1,3-18H2,2H3;3H,1-2H3;(H3,2,3,4);/q2*-1;;+2. The van der Waals surface area contributed by atoms with Crippen LogP contribution in [0.5, 0.6) is 0 Å². The van der Waals surface area contributed by atoms with Gasteiger partial charge >= 0.3 is 19.5 Å². The fraction of sp³-hybridized carbons (Fsp3) is 0.864.